The average molecular weight is 314 g/mol. The van der Waals surface area contributed by atoms with E-state index in [4.69, 9.17) is 5.73 Å². The Bertz CT molecular complexity index is 802. The van der Waals surface area contributed by atoms with Crippen LogP contribution in [0.2, 0.25) is 0 Å². The first-order valence-corrected chi connectivity index (χ1v) is 7.80. The molecule has 1 aliphatic rings. The molecule has 0 unspecified atom stereocenters. The number of nitrogens with two attached hydrogens (primary N) is 1. The van der Waals surface area contributed by atoms with Crippen LogP contribution >= 0.6 is 0 Å². The Morgan fingerprint density at radius 2 is 2.00 bits per heavy atom. The van der Waals surface area contributed by atoms with Crippen molar-refractivity contribution in [1.82, 2.24) is 14.3 Å². The van der Waals surface area contributed by atoms with Gasteiger partial charge in [0.1, 0.15) is 11.4 Å². The van der Waals surface area contributed by atoms with Crippen LogP contribution in [-0.2, 0) is 4.79 Å². The lowest BCUT2D eigenvalue weighted by Gasteiger charge is -2.33. The van der Waals surface area contributed by atoms with Gasteiger partial charge in [0.15, 0.2) is 0 Å². The fourth-order valence-electron chi connectivity index (χ4n) is 2.73. The lowest BCUT2D eigenvalue weighted by atomic mass is 10.0. The highest BCUT2D eigenvalue weighted by Crippen LogP contribution is 2.40. The Hall–Kier alpha value is -2.37. The van der Waals surface area contributed by atoms with Crippen molar-refractivity contribution < 1.29 is 9.59 Å². The van der Waals surface area contributed by atoms with E-state index in [2.05, 4.69) is 9.38 Å². The summed E-state index contributed by atoms with van der Waals surface area (Å²) in [5, 5.41) is 0. The number of amides is 2. The zero-order chi connectivity index (χ0) is 16.9. The highest BCUT2D eigenvalue weighted by Gasteiger charge is 2.35. The maximum atomic E-state index is 12.9. The molecule has 0 spiro atoms. The van der Waals surface area contributed by atoms with Crippen molar-refractivity contribution in [2.75, 3.05) is 7.05 Å². The predicted molar refractivity (Wildman–Crippen MR) is 87.3 cm³/mol. The molecule has 0 radical (unpaired) electrons. The first-order valence-electron chi connectivity index (χ1n) is 7.80. The number of nitrogens with zero attached hydrogens (tertiary/aromatic N) is 3. The summed E-state index contributed by atoms with van der Waals surface area (Å²) in [6, 6.07) is 3.68. The van der Waals surface area contributed by atoms with Gasteiger partial charge in [-0.1, -0.05) is 0 Å². The molecule has 0 aliphatic heterocycles. The van der Waals surface area contributed by atoms with Gasteiger partial charge in [0.2, 0.25) is 5.91 Å². The minimum absolute atomic E-state index is 0.219. The van der Waals surface area contributed by atoms with E-state index < -0.39 is 11.4 Å². The van der Waals surface area contributed by atoms with Crippen LogP contribution in [0.15, 0.2) is 18.3 Å². The Balaban J connectivity index is 2.06. The van der Waals surface area contributed by atoms with Gasteiger partial charge >= 0.3 is 0 Å². The molecule has 0 saturated heterocycles. The summed E-state index contributed by atoms with van der Waals surface area (Å²) in [6.07, 6.45) is 4.13. The van der Waals surface area contributed by atoms with Crippen LogP contribution < -0.4 is 5.73 Å². The maximum Gasteiger partial charge on any atom is 0.256 e. The number of likely N-dealkylation sites (N-methyl/N-ethyl adjacent to an activating group) is 1. The number of carbonyl (C=O) groups excluding carboxylic acids is 2. The van der Waals surface area contributed by atoms with Crippen LogP contribution in [0.25, 0.3) is 5.52 Å². The number of rotatable bonds is 4. The van der Waals surface area contributed by atoms with Crippen molar-refractivity contribution in [2.45, 2.75) is 45.1 Å². The van der Waals surface area contributed by atoms with E-state index >= 15 is 0 Å². The zero-order valence-corrected chi connectivity index (χ0v) is 14.0. The van der Waals surface area contributed by atoms with Gasteiger partial charge in [0.05, 0.1) is 17.3 Å². The van der Waals surface area contributed by atoms with Gasteiger partial charge < -0.3 is 10.6 Å². The number of pyridine rings is 1. The number of hydrogen-bond donors (Lipinski definition) is 1. The van der Waals surface area contributed by atoms with Crippen molar-refractivity contribution in [2.24, 2.45) is 5.73 Å². The second-order valence-electron chi connectivity index (χ2n) is 6.77. The van der Waals surface area contributed by atoms with E-state index in [0.29, 0.717) is 11.5 Å². The summed E-state index contributed by atoms with van der Waals surface area (Å²) >= 11 is 0. The van der Waals surface area contributed by atoms with Crippen molar-refractivity contribution in [3.63, 3.8) is 0 Å². The van der Waals surface area contributed by atoms with Crippen LogP contribution in [0.5, 0.6) is 0 Å². The molecule has 2 N–H and O–H groups in total. The molecule has 0 bridgehead atoms. The van der Waals surface area contributed by atoms with Crippen LogP contribution in [0.4, 0.5) is 0 Å². The van der Waals surface area contributed by atoms with Crippen molar-refractivity contribution >= 4 is 17.3 Å². The van der Waals surface area contributed by atoms with Crippen molar-refractivity contribution in [3.8, 4) is 0 Å². The Kier molecular flexibility index (Phi) is 3.43. The standard InChI is InChI=1S/C17H22N4O2/c1-10-13(15(22)20(4)17(2,3)16(18)23)8-7-12-9-19-14(21(10)12)11-5-6-11/h7-9,11H,5-6H2,1-4H3,(H2,18,23). The second-order valence-corrected chi connectivity index (χ2v) is 6.77. The van der Waals surface area contributed by atoms with Gasteiger partial charge in [-0.05, 0) is 45.7 Å². The molecule has 2 amide bonds. The predicted octanol–water partition coefficient (Wildman–Crippen LogP) is 1.86. The Morgan fingerprint density at radius 3 is 2.57 bits per heavy atom. The average Bonchev–Trinajstić information content (AvgIpc) is 3.25. The molecule has 1 saturated carbocycles. The minimum atomic E-state index is -1.05. The highest BCUT2D eigenvalue weighted by atomic mass is 16.2. The van der Waals surface area contributed by atoms with Crippen LogP contribution in [0.3, 0.4) is 0 Å². The van der Waals surface area contributed by atoms with E-state index in [-0.39, 0.29) is 5.91 Å². The third kappa shape index (κ3) is 2.38. The fraction of sp³-hybridized carbons (Fsp3) is 0.471. The third-order valence-corrected chi connectivity index (χ3v) is 4.88. The lowest BCUT2D eigenvalue weighted by molar-refractivity contribution is -0.126. The SMILES string of the molecule is Cc1c(C(=O)N(C)C(C)(C)C(N)=O)ccc2cnc(C3CC3)n12. The second kappa shape index (κ2) is 5.08. The molecule has 2 heterocycles. The van der Waals surface area contributed by atoms with Crippen LogP contribution in [0.1, 0.15) is 54.5 Å². The van der Waals surface area contributed by atoms with E-state index in [1.165, 1.54) is 4.90 Å². The quantitative estimate of drug-likeness (QED) is 0.935. The molecule has 6 nitrogen and oxygen atoms in total. The molecule has 0 atom stereocenters. The summed E-state index contributed by atoms with van der Waals surface area (Å²) in [7, 11) is 1.60. The van der Waals surface area contributed by atoms with Gasteiger partial charge in [0.25, 0.3) is 5.91 Å². The number of hydrogen-bond acceptors (Lipinski definition) is 3. The lowest BCUT2D eigenvalue weighted by Crippen LogP contribution is -2.54. The van der Waals surface area contributed by atoms with Gasteiger partial charge in [-0.25, -0.2) is 4.98 Å². The number of aromatic nitrogens is 2. The van der Waals surface area contributed by atoms with E-state index in [1.54, 1.807) is 27.0 Å². The van der Waals surface area contributed by atoms with Gasteiger partial charge in [-0.15, -0.1) is 0 Å². The number of fused-ring (bicyclic) bond motifs is 1. The molecule has 23 heavy (non-hydrogen) atoms. The van der Waals surface area contributed by atoms with Crippen molar-refractivity contribution in [3.05, 3.63) is 35.4 Å². The first-order chi connectivity index (χ1) is 10.7. The molecular weight excluding hydrogens is 292 g/mol. The Morgan fingerprint density at radius 1 is 1.35 bits per heavy atom. The van der Waals surface area contributed by atoms with Crippen LogP contribution in [-0.4, -0.2) is 38.7 Å². The summed E-state index contributed by atoms with van der Waals surface area (Å²) in [6.45, 7) is 5.21. The van der Waals surface area contributed by atoms with E-state index in [1.807, 2.05) is 19.2 Å². The normalized spacial score (nSPS) is 15.0. The summed E-state index contributed by atoms with van der Waals surface area (Å²) in [5.41, 5.74) is 6.77. The summed E-state index contributed by atoms with van der Waals surface area (Å²) in [5.74, 6) is 0.752. The van der Waals surface area contributed by atoms with Gasteiger partial charge in [0, 0.05) is 18.7 Å². The maximum absolute atomic E-state index is 12.9. The highest BCUT2D eigenvalue weighted by molar-refractivity contribution is 5.99. The Labute approximate surface area is 135 Å². The van der Waals surface area contributed by atoms with Gasteiger partial charge in [-0.3, -0.25) is 14.0 Å². The molecule has 1 aliphatic carbocycles. The third-order valence-electron chi connectivity index (χ3n) is 4.88. The summed E-state index contributed by atoms with van der Waals surface area (Å²) < 4.78 is 2.05. The monoisotopic (exact) mass is 314 g/mol. The number of carbonyl (C=O) groups is 2. The molecule has 1 fully saturated rings. The topological polar surface area (TPSA) is 80.7 Å². The molecule has 122 valence electrons. The molecule has 0 aromatic carbocycles. The molecule has 3 rings (SSSR count). The smallest absolute Gasteiger partial charge is 0.256 e. The molecular formula is C17H22N4O2. The molecule has 2 aromatic heterocycles. The first kappa shape index (κ1) is 15.5. The number of primary amides is 1. The largest absolute Gasteiger partial charge is 0.368 e. The number of imidazole rings is 1. The van der Waals surface area contributed by atoms with E-state index in [0.717, 1.165) is 29.9 Å². The minimum Gasteiger partial charge on any atom is -0.368 e. The molecule has 2 aromatic rings. The summed E-state index contributed by atoms with van der Waals surface area (Å²) in [4.78, 5) is 30.4. The van der Waals surface area contributed by atoms with Crippen LogP contribution in [0, 0.1) is 6.92 Å². The number of aryl methyl sites for hydroxylation is 1. The van der Waals surface area contributed by atoms with Gasteiger partial charge in [-0.2, -0.15) is 0 Å². The fourth-order valence-corrected chi connectivity index (χ4v) is 2.73. The zero-order valence-electron chi connectivity index (χ0n) is 14.0. The molecule has 6 heteroatoms. The van der Waals surface area contributed by atoms with E-state index in [9.17, 15) is 9.59 Å². The van der Waals surface area contributed by atoms with Crippen molar-refractivity contribution in [1.29, 1.82) is 0 Å².